The summed E-state index contributed by atoms with van der Waals surface area (Å²) in [5.74, 6) is -4.04. The minimum absolute atomic E-state index is 0.00472. The van der Waals surface area contributed by atoms with Gasteiger partial charge in [-0.1, -0.05) is 36.4 Å². The number of fused-ring (bicyclic) bond motifs is 1. The van der Waals surface area contributed by atoms with Crippen LogP contribution in [0.25, 0.3) is 10.9 Å². The van der Waals surface area contributed by atoms with Gasteiger partial charge in [-0.3, -0.25) is 43.2 Å². The standard InChI is InChI=1S/C57H78N10O15S/c1-36-31-40(32-37(2)51(36)83(77,78)66-45(55(75)79-7)34-62-52(72)39-20-21-41-42(65-67(6)46(41)33-39)17-13-27-59-47-18-11-12-26-58-47)80-30-14-19-48(68)60-28-29-61-53(73)43(22-24-49(69)70)63-54(74)44(23-25-50(71)82-57(3,4)5)64-56(76)81-35-38-15-9-8-10-16-38/h8-10,15-16,20-21,31-33,43-45,66H,11-14,17-19,22-30,34-35H2,1-7H3,(H,58,59)(H,60,68)(H,61,73)(H,62,72)(H,63,74)(H,64,76)(H,69,70)/t43-,44-,45-/m0/s1. The van der Waals surface area contributed by atoms with Crippen LogP contribution in [0.1, 0.15) is 118 Å². The number of methoxy groups -OCH3 is 1. The summed E-state index contributed by atoms with van der Waals surface area (Å²) in [4.78, 5) is 107. The second-order valence-corrected chi connectivity index (χ2v) is 22.5. The Morgan fingerprint density at radius 3 is 2.17 bits per heavy atom. The lowest BCUT2D eigenvalue weighted by atomic mass is 10.1. The summed E-state index contributed by atoms with van der Waals surface area (Å²) in [6.07, 6.45) is 2.68. The van der Waals surface area contributed by atoms with Crippen LogP contribution in [0.4, 0.5) is 4.79 Å². The number of benzene rings is 3. The van der Waals surface area contributed by atoms with Gasteiger partial charge >= 0.3 is 24.0 Å². The third-order valence-electron chi connectivity index (χ3n) is 12.9. The molecule has 0 fully saturated rings. The number of carboxylic acid groups (broad SMARTS) is 1. The van der Waals surface area contributed by atoms with E-state index in [0.717, 1.165) is 74.7 Å². The molecular weight excluding hydrogens is 1100 g/mol. The molecule has 0 radical (unpaired) electrons. The van der Waals surface area contributed by atoms with Crippen LogP contribution in [-0.4, -0.2) is 147 Å². The summed E-state index contributed by atoms with van der Waals surface area (Å²) in [6, 6.07) is 12.6. The summed E-state index contributed by atoms with van der Waals surface area (Å²) < 4.78 is 53.2. The number of aliphatic carboxylic acids is 1. The predicted molar refractivity (Wildman–Crippen MR) is 306 cm³/mol. The molecule has 3 aromatic carbocycles. The van der Waals surface area contributed by atoms with Crippen molar-refractivity contribution in [2.75, 3.05) is 46.4 Å². The molecule has 2 heterocycles. The summed E-state index contributed by atoms with van der Waals surface area (Å²) in [6.45, 7) is 9.10. The first kappa shape index (κ1) is 65.7. The Bertz CT molecular complexity index is 3050. The number of hydrogen-bond acceptors (Lipinski definition) is 17. The minimum Gasteiger partial charge on any atom is -0.494 e. The van der Waals surface area contributed by atoms with Crippen LogP contribution in [0, 0.1) is 13.8 Å². The third-order valence-corrected chi connectivity index (χ3v) is 14.7. The SMILES string of the molecule is COC(=O)[C@H](CNC(=O)c1ccc2c(CCCNC3=NCCCC3)nn(C)c2c1)NS(=O)(=O)c1c(C)cc(OCCCC(=O)NCCNC(=O)[C@H](CCC(=O)O)NC(=O)[C@H](CCC(=O)OC(C)(C)C)NC(=O)OCc2ccccc2)cc1C. The molecule has 0 saturated carbocycles. The lowest BCUT2D eigenvalue weighted by Crippen LogP contribution is -2.54. The van der Waals surface area contributed by atoms with Crippen molar-refractivity contribution in [3.63, 3.8) is 0 Å². The maximum atomic E-state index is 13.9. The number of carboxylic acids is 1. The van der Waals surface area contributed by atoms with Crippen LogP contribution in [-0.2, 0) is 73.1 Å². The van der Waals surface area contributed by atoms with Crippen molar-refractivity contribution in [1.82, 2.24) is 46.4 Å². The number of amidine groups is 1. The highest BCUT2D eigenvalue weighted by Crippen LogP contribution is 2.27. The molecule has 4 aromatic rings. The number of aliphatic imine (C=N–C) groups is 1. The molecule has 26 heteroatoms. The smallest absolute Gasteiger partial charge is 0.408 e. The van der Waals surface area contributed by atoms with Crippen molar-refractivity contribution in [3.05, 3.63) is 88.6 Å². The number of alkyl carbamates (subject to hydrolysis) is 1. The van der Waals surface area contributed by atoms with Crippen molar-refractivity contribution in [3.8, 4) is 5.75 Å². The number of aryl methyl sites for hydroxylation is 4. The minimum atomic E-state index is -4.38. The molecule has 0 spiro atoms. The Balaban J connectivity index is 1.07. The number of rotatable bonds is 31. The van der Waals surface area contributed by atoms with E-state index in [0.29, 0.717) is 11.3 Å². The number of esters is 2. The lowest BCUT2D eigenvalue weighted by Gasteiger charge is -2.24. The summed E-state index contributed by atoms with van der Waals surface area (Å²) in [5, 5.41) is 31.1. The molecule has 5 rings (SSSR count). The largest absolute Gasteiger partial charge is 0.494 e. The Morgan fingerprint density at radius 1 is 0.795 bits per heavy atom. The summed E-state index contributed by atoms with van der Waals surface area (Å²) in [7, 11) is -1.49. The second-order valence-electron chi connectivity index (χ2n) is 20.9. The number of hydrogen-bond donors (Lipinski definition) is 8. The predicted octanol–water partition coefficient (Wildman–Crippen LogP) is 3.70. The van der Waals surface area contributed by atoms with Gasteiger partial charge < -0.3 is 56.0 Å². The zero-order valence-electron chi connectivity index (χ0n) is 48.1. The van der Waals surface area contributed by atoms with Gasteiger partial charge in [0.05, 0.1) is 35.7 Å². The molecule has 8 N–H and O–H groups in total. The van der Waals surface area contributed by atoms with Gasteiger partial charge in [0, 0.05) is 76.4 Å². The van der Waals surface area contributed by atoms with Crippen LogP contribution in [0.3, 0.4) is 0 Å². The van der Waals surface area contributed by atoms with Gasteiger partial charge in [0.25, 0.3) is 5.91 Å². The molecule has 0 aliphatic carbocycles. The quantitative estimate of drug-likeness (QED) is 0.0202. The van der Waals surface area contributed by atoms with E-state index in [1.165, 1.54) is 12.1 Å². The Hall–Kier alpha value is -8.13. The van der Waals surface area contributed by atoms with E-state index in [-0.39, 0.29) is 80.0 Å². The Labute approximate surface area is 483 Å². The third kappa shape index (κ3) is 21.9. The van der Waals surface area contributed by atoms with Crippen LogP contribution in [0.2, 0.25) is 0 Å². The molecule has 1 aliphatic rings. The fourth-order valence-corrected chi connectivity index (χ4v) is 10.6. The molecule has 1 aromatic heterocycles. The van der Waals surface area contributed by atoms with Gasteiger partial charge in [-0.15, -0.1) is 0 Å². The van der Waals surface area contributed by atoms with Crippen LogP contribution >= 0.6 is 0 Å². The number of amides is 5. The highest BCUT2D eigenvalue weighted by Gasteiger charge is 2.31. The molecule has 0 unspecified atom stereocenters. The Kier molecular flexibility index (Phi) is 25.3. The van der Waals surface area contributed by atoms with Crippen LogP contribution in [0.15, 0.2) is 70.6 Å². The summed E-state index contributed by atoms with van der Waals surface area (Å²) >= 11 is 0. The van der Waals surface area contributed by atoms with E-state index in [2.05, 4.69) is 46.7 Å². The number of carbonyl (C=O) groups is 8. The van der Waals surface area contributed by atoms with Crippen LogP contribution in [0.5, 0.6) is 5.75 Å². The average molecular weight is 1180 g/mol. The number of aromatic nitrogens is 2. The molecule has 0 bridgehead atoms. The van der Waals surface area contributed by atoms with Crippen molar-refractivity contribution in [2.24, 2.45) is 12.0 Å². The molecular formula is C57H78N10O15S. The van der Waals surface area contributed by atoms with Gasteiger partial charge in [-0.2, -0.15) is 9.82 Å². The van der Waals surface area contributed by atoms with Crippen molar-refractivity contribution < 1.29 is 70.8 Å². The van der Waals surface area contributed by atoms with Crippen molar-refractivity contribution in [2.45, 2.75) is 140 Å². The second kappa shape index (κ2) is 31.9. The number of nitrogens with zero attached hydrogens (tertiary/aromatic N) is 3. The maximum Gasteiger partial charge on any atom is 0.408 e. The first-order valence-electron chi connectivity index (χ1n) is 27.5. The number of sulfonamides is 1. The lowest BCUT2D eigenvalue weighted by molar-refractivity contribution is -0.155. The van der Waals surface area contributed by atoms with E-state index < -0.39 is 94.3 Å². The van der Waals surface area contributed by atoms with Gasteiger partial charge in [0.2, 0.25) is 27.7 Å². The average Bonchev–Trinajstić information content (AvgIpc) is 3.77. The van der Waals surface area contributed by atoms with E-state index in [1.54, 1.807) is 88.8 Å². The zero-order chi connectivity index (χ0) is 60.7. The number of nitrogens with one attached hydrogen (secondary N) is 7. The highest BCUT2D eigenvalue weighted by atomic mass is 32.2. The van der Waals surface area contributed by atoms with Gasteiger partial charge in [0.1, 0.15) is 36.1 Å². The van der Waals surface area contributed by atoms with Crippen LogP contribution < -0.4 is 41.4 Å². The van der Waals surface area contributed by atoms with Crippen molar-refractivity contribution in [1.29, 1.82) is 0 Å². The van der Waals surface area contributed by atoms with E-state index in [1.807, 2.05) is 6.07 Å². The monoisotopic (exact) mass is 1170 g/mol. The van der Waals surface area contributed by atoms with Gasteiger partial charge in [-0.25, -0.2) is 13.2 Å². The van der Waals surface area contributed by atoms with Crippen molar-refractivity contribution >= 4 is 74.4 Å². The molecule has 83 heavy (non-hydrogen) atoms. The summed E-state index contributed by atoms with van der Waals surface area (Å²) in [5.41, 5.74) is 2.34. The fraction of sp³-hybridized carbons (Fsp3) is 0.509. The molecule has 452 valence electrons. The topological polar surface area (TPSA) is 342 Å². The highest BCUT2D eigenvalue weighted by molar-refractivity contribution is 7.89. The normalized spacial score (nSPS) is 13.5. The van der Waals surface area contributed by atoms with Gasteiger partial charge in [0.15, 0.2) is 0 Å². The van der Waals surface area contributed by atoms with E-state index in [4.69, 9.17) is 18.9 Å². The first-order valence-corrected chi connectivity index (χ1v) is 29.0. The van der Waals surface area contributed by atoms with Gasteiger partial charge in [-0.05, 0) is 121 Å². The molecule has 1 aliphatic heterocycles. The molecule has 5 amide bonds. The zero-order valence-corrected chi connectivity index (χ0v) is 49.0. The molecule has 0 saturated heterocycles. The molecule has 25 nitrogen and oxygen atoms in total. The number of ether oxygens (including phenoxy) is 4. The van der Waals surface area contributed by atoms with E-state index >= 15 is 0 Å². The fourth-order valence-electron chi connectivity index (χ4n) is 8.93. The number of carbonyl (C=O) groups excluding carboxylic acids is 7. The molecule has 3 atom stereocenters. The maximum absolute atomic E-state index is 13.9. The first-order chi connectivity index (χ1) is 39.4. The van der Waals surface area contributed by atoms with E-state index in [9.17, 15) is 51.9 Å². The Morgan fingerprint density at radius 2 is 1.49 bits per heavy atom.